The highest BCUT2D eigenvalue weighted by molar-refractivity contribution is 5.27. The van der Waals surface area contributed by atoms with Gasteiger partial charge in [0.25, 0.3) is 5.92 Å². The summed E-state index contributed by atoms with van der Waals surface area (Å²) in [5, 5.41) is 8.67. The van der Waals surface area contributed by atoms with E-state index in [0.29, 0.717) is 19.3 Å². The van der Waals surface area contributed by atoms with Gasteiger partial charge in [0.15, 0.2) is 0 Å². The topological polar surface area (TPSA) is 20.2 Å². The lowest BCUT2D eigenvalue weighted by Gasteiger charge is -2.16. The first kappa shape index (κ1) is 11.5. The molecule has 0 bridgehead atoms. The highest BCUT2D eigenvalue weighted by Gasteiger charge is 2.47. The number of rotatable bonds is 5. The van der Waals surface area contributed by atoms with Gasteiger partial charge in [-0.25, -0.2) is 8.78 Å². The lowest BCUT2D eigenvalue weighted by molar-refractivity contribution is -0.0285. The standard InChI is InChI=1S/C13H16F2O/c14-13(15,12-7-8-12)11-5-3-10(4-6-11)2-1-9-16/h3-6,12,16H,1-2,7-9H2. The second-order valence-corrected chi connectivity index (χ2v) is 4.42. The molecule has 2 rings (SSSR count). The Morgan fingerprint density at radius 1 is 1.19 bits per heavy atom. The molecule has 0 spiro atoms. The molecule has 0 aliphatic heterocycles. The van der Waals surface area contributed by atoms with Gasteiger partial charge in [0.2, 0.25) is 0 Å². The van der Waals surface area contributed by atoms with Crippen LogP contribution in [0.3, 0.4) is 0 Å². The summed E-state index contributed by atoms with van der Waals surface area (Å²) < 4.78 is 27.4. The van der Waals surface area contributed by atoms with Gasteiger partial charge in [-0.05, 0) is 31.2 Å². The van der Waals surface area contributed by atoms with E-state index in [1.807, 2.05) is 0 Å². The predicted octanol–water partition coefficient (Wildman–Crippen LogP) is 3.11. The van der Waals surface area contributed by atoms with Crippen LogP contribution in [0.25, 0.3) is 0 Å². The minimum Gasteiger partial charge on any atom is -0.396 e. The third-order valence-electron chi connectivity index (χ3n) is 3.05. The first-order valence-electron chi connectivity index (χ1n) is 5.72. The van der Waals surface area contributed by atoms with E-state index in [-0.39, 0.29) is 12.2 Å². The van der Waals surface area contributed by atoms with Crippen molar-refractivity contribution in [3.8, 4) is 0 Å². The molecular weight excluding hydrogens is 210 g/mol. The average molecular weight is 226 g/mol. The molecule has 88 valence electrons. The Balaban J connectivity index is 2.06. The first-order chi connectivity index (χ1) is 7.64. The van der Waals surface area contributed by atoms with Crippen LogP contribution in [0.4, 0.5) is 8.78 Å². The van der Waals surface area contributed by atoms with Gasteiger partial charge in [-0.2, -0.15) is 0 Å². The molecule has 1 N–H and O–H groups in total. The molecule has 0 unspecified atom stereocenters. The molecule has 1 aliphatic carbocycles. The lowest BCUT2D eigenvalue weighted by Crippen LogP contribution is -2.15. The van der Waals surface area contributed by atoms with Crippen LogP contribution in [0, 0.1) is 5.92 Å². The Morgan fingerprint density at radius 3 is 2.31 bits per heavy atom. The van der Waals surface area contributed by atoms with Crippen molar-refractivity contribution in [1.29, 1.82) is 0 Å². The molecule has 0 amide bonds. The monoisotopic (exact) mass is 226 g/mol. The highest BCUT2D eigenvalue weighted by Crippen LogP contribution is 2.49. The maximum Gasteiger partial charge on any atom is 0.276 e. The second-order valence-electron chi connectivity index (χ2n) is 4.42. The molecule has 1 aromatic rings. The van der Waals surface area contributed by atoms with E-state index in [9.17, 15) is 8.78 Å². The average Bonchev–Trinajstić information content (AvgIpc) is 3.11. The number of halogens is 2. The number of benzene rings is 1. The zero-order chi connectivity index (χ0) is 11.6. The Hall–Kier alpha value is -0.960. The number of aliphatic hydroxyl groups is 1. The predicted molar refractivity (Wildman–Crippen MR) is 58.5 cm³/mol. The van der Waals surface area contributed by atoms with Gasteiger partial charge in [0, 0.05) is 18.1 Å². The summed E-state index contributed by atoms with van der Waals surface area (Å²) >= 11 is 0. The van der Waals surface area contributed by atoms with Crippen molar-refractivity contribution >= 4 is 0 Å². The lowest BCUT2D eigenvalue weighted by atomic mass is 10.0. The maximum atomic E-state index is 13.7. The molecular formula is C13H16F2O. The van der Waals surface area contributed by atoms with Crippen molar-refractivity contribution in [2.45, 2.75) is 31.6 Å². The van der Waals surface area contributed by atoms with Crippen LogP contribution in [-0.2, 0) is 12.3 Å². The summed E-state index contributed by atoms with van der Waals surface area (Å²) in [5.41, 5.74) is 1.13. The van der Waals surface area contributed by atoms with Crippen molar-refractivity contribution in [1.82, 2.24) is 0 Å². The number of alkyl halides is 2. The van der Waals surface area contributed by atoms with E-state index in [1.54, 1.807) is 12.1 Å². The molecule has 1 nitrogen and oxygen atoms in total. The summed E-state index contributed by atoms with van der Waals surface area (Å²) in [6.45, 7) is 0.139. The van der Waals surface area contributed by atoms with Gasteiger partial charge in [0.05, 0.1) is 0 Å². The van der Waals surface area contributed by atoms with Crippen molar-refractivity contribution in [2.24, 2.45) is 5.92 Å². The molecule has 0 heterocycles. The SMILES string of the molecule is OCCCc1ccc(C(F)(F)C2CC2)cc1. The highest BCUT2D eigenvalue weighted by atomic mass is 19.3. The fourth-order valence-corrected chi connectivity index (χ4v) is 1.86. The Morgan fingerprint density at radius 2 is 1.81 bits per heavy atom. The van der Waals surface area contributed by atoms with Crippen molar-refractivity contribution in [2.75, 3.05) is 6.61 Å². The van der Waals surface area contributed by atoms with Crippen LogP contribution in [0.1, 0.15) is 30.4 Å². The molecule has 0 aromatic heterocycles. The summed E-state index contributed by atoms with van der Waals surface area (Å²) in [6, 6.07) is 6.51. The first-order valence-corrected chi connectivity index (χ1v) is 5.72. The van der Waals surface area contributed by atoms with Crippen LogP contribution in [-0.4, -0.2) is 11.7 Å². The number of aliphatic hydroxyl groups excluding tert-OH is 1. The third kappa shape index (κ3) is 2.40. The number of hydrogen-bond donors (Lipinski definition) is 1. The van der Waals surface area contributed by atoms with Crippen molar-refractivity contribution in [3.63, 3.8) is 0 Å². The Bertz CT molecular complexity index is 341. The summed E-state index contributed by atoms with van der Waals surface area (Å²) in [5.74, 6) is -3.11. The van der Waals surface area contributed by atoms with Gasteiger partial charge in [-0.15, -0.1) is 0 Å². The smallest absolute Gasteiger partial charge is 0.276 e. The van der Waals surface area contributed by atoms with E-state index in [0.717, 1.165) is 12.0 Å². The van der Waals surface area contributed by atoms with E-state index in [1.165, 1.54) is 12.1 Å². The van der Waals surface area contributed by atoms with Gasteiger partial charge in [-0.3, -0.25) is 0 Å². The molecule has 16 heavy (non-hydrogen) atoms. The fraction of sp³-hybridized carbons (Fsp3) is 0.538. The van der Waals surface area contributed by atoms with E-state index < -0.39 is 11.8 Å². The molecule has 0 saturated heterocycles. The van der Waals surface area contributed by atoms with Crippen LogP contribution in [0.2, 0.25) is 0 Å². The number of hydrogen-bond acceptors (Lipinski definition) is 1. The van der Waals surface area contributed by atoms with Crippen LogP contribution < -0.4 is 0 Å². The molecule has 3 heteroatoms. The van der Waals surface area contributed by atoms with Crippen molar-refractivity contribution in [3.05, 3.63) is 35.4 Å². The second kappa shape index (κ2) is 4.50. The molecule has 1 aromatic carbocycles. The van der Waals surface area contributed by atoms with E-state index >= 15 is 0 Å². The summed E-state index contributed by atoms with van der Waals surface area (Å²) in [4.78, 5) is 0. The molecule has 1 aliphatic rings. The molecule has 1 fully saturated rings. The van der Waals surface area contributed by atoms with Crippen LogP contribution in [0.5, 0.6) is 0 Å². The van der Waals surface area contributed by atoms with Crippen LogP contribution in [0.15, 0.2) is 24.3 Å². The van der Waals surface area contributed by atoms with Gasteiger partial charge in [-0.1, -0.05) is 24.3 Å². The normalized spacial score (nSPS) is 16.4. The summed E-state index contributed by atoms with van der Waals surface area (Å²) in [6.07, 6.45) is 2.70. The maximum absolute atomic E-state index is 13.7. The minimum atomic E-state index is -2.66. The fourth-order valence-electron chi connectivity index (χ4n) is 1.86. The summed E-state index contributed by atoms with van der Waals surface area (Å²) in [7, 11) is 0. The van der Waals surface area contributed by atoms with Gasteiger partial charge in [0.1, 0.15) is 0 Å². The zero-order valence-electron chi connectivity index (χ0n) is 9.13. The molecule has 1 saturated carbocycles. The number of aryl methyl sites for hydroxylation is 1. The van der Waals surface area contributed by atoms with Crippen molar-refractivity contribution < 1.29 is 13.9 Å². The Labute approximate surface area is 94.1 Å². The van der Waals surface area contributed by atoms with E-state index in [4.69, 9.17) is 5.11 Å². The third-order valence-corrected chi connectivity index (χ3v) is 3.05. The molecule has 0 atom stereocenters. The van der Waals surface area contributed by atoms with Crippen LogP contribution >= 0.6 is 0 Å². The van der Waals surface area contributed by atoms with Gasteiger partial charge < -0.3 is 5.11 Å². The quantitative estimate of drug-likeness (QED) is 0.817. The van der Waals surface area contributed by atoms with E-state index in [2.05, 4.69) is 0 Å². The molecule has 0 radical (unpaired) electrons. The zero-order valence-corrected chi connectivity index (χ0v) is 9.13. The minimum absolute atomic E-state index is 0.128. The Kier molecular flexibility index (Phi) is 3.24. The largest absolute Gasteiger partial charge is 0.396 e. The van der Waals surface area contributed by atoms with Gasteiger partial charge >= 0.3 is 0 Å².